The third-order valence-corrected chi connectivity index (χ3v) is 3.23. The van der Waals surface area contributed by atoms with Crippen molar-refractivity contribution in [2.75, 3.05) is 11.9 Å². The molecule has 0 heterocycles. The van der Waals surface area contributed by atoms with Crippen LogP contribution in [0.5, 0.6) is 5.75 Å². The first-order chi connectivity index (χ1) is 11.6. The molecule has 0 saturated carbocycles. The van der Waals surface area contributed by atoms with E-state index < -0.39 is 5.91 Å². The minimum Gasteiger partial charge on any atom is -0.484 e. The van der Waals surface area contributed by atoms with E-state index in [-0.39, 0.29) is 11.7 Å². The molecule has 2 aromatic rings. The summed E-state index contributed by atoms with van der Waals surface area (Å²) in [5, 5.41) is 12.4. The molecule has 0 aromatic heterocycles. The molecule has 24 heavy (non-hydrogen) atoms. The molecule has 0 unspecified atom stereocenters. The Morgan fingerprint density at radius 3 is 2.42 bits per heavy atom. The smallest absolute Gasteiger partial charge is 0.276 e. The van der Waals surface area contributed by atoms with Crippen molar-refractivity contribution in [2.45, 2.75) is 0 Å². The van der Waals surface area contributed by atoms with E-state index in [1.54, 1.807) is 48.5 Å². The highest BCUT2D eigenvalue weighted by Crippen LogP contribution is 2.13. The number of hydrazine groups is 1. The monoisotopic (exact) mass is 360 g/mol. The van der Waals surface area contributed by atoms with E-state index >= 15 is 0 Å². The molecule has 2 rings (SSSR count). The van der Waals surface area contributed by atoms with Crippen molar-refractivity contribution in [2.24, 2.45) is 0 Å². The number of amides is 1. The number of carbonyl (C=O) groups excluding carboxylic acids is 1. The van der Waals surface area contributed by atoms with Gasteiger partial charge in [-0.3, -0.25) is 15.6 Å². The van der Waals surface area contributed by atoms with Gasteiger partial charge in [-0.1, -0.05) is 11.6 Å². The second-order valence-corrected chi connectivity index (χ2v) is 5.40. The molecule has 3 N–H and O–H groups in total. The van der Waals surface area contributed by atoms with Gasteiger partial charge >= 0.3 is 0 Å². The molecule has 0 radical (unpaired) electrons. The van der Waals surface area contributed by atoms with Crippen LogP contribution in [0, 0.1) is 11.3 Å². The predicted octanol–water partition coefficient (Wildman–Crippen LogP) is 2.61. The van der Waals surface area contributed by atoms with Crippen molar-refractivity contribution in [3.8, 4) is 11.8 Å². The van der Waals surface area contributed by atoms with Gasteiger partial charge in [-0.2, -0.15) is 5.26 Å². The molecule has 0 aliphatic rings. The van der Waals surface area contributed by atoms with E-state index in [2.05, 4.69) is 16.2 Å². The Labute approximate surface area is 149 Å². The molecular weight excluding hydrogens is 348 g/mol. The minimum atomic E-state index is -0.403. The van der Waals surface area contributed by atoms with Gasteiger partial charge in [0.2, 0.25) is 0 Å². The zero-order valence-corrected chi connectivity index (χ0v) is 13.9. The van der Waals surface area contributed by atoms with Gasteiger partial charge in [0.1, 0.15) is 5.75 Å². The third-order valence-electron chi connectivity index (χ3n) is 2.77. The highest BCUT2D eigenvalue weighted by molar-refractivity contribution is 7.80. The summed E-state index contributed by atoms with van der Waals surface area (Å²) in [6, 6.07) is 15.4. The van der Waals surface area contributed by atoms with Gasteiger partial charge in [-0.05, 0) is 60.7 Å². The van der Waals surface area contributed by atoms with Gasteiger partial charge in [0, 0.05) is 10.7 Å². The number of nitrogens with zero attached hydrogens (tertiary/aromatic N) is 1. The first-order valence-corrected chi connectivity index (χ1v) is 7.60. The number of halogens is 1. The standard InChI is InChI=1S/C16H13ClN4O2S/c17-12-3-5-13(6-4-12)19-16(24)21-20-15(22)10-23-14-7-1-11(9-18)2-8-14/h1-8H,10H2,(H,20,22)(H2,19,21,24). The lowest BCUT2D eigenvalue weighted by molar-refractivity contribution is -0.123. The van der Waals surface area contributed by atoms with E-state index in [1.807, 2.05) is 6.07 Å². The first kappa shape index (κ1) is 17.5. The highest BCUT2D eigenvalue weighted by atomic mass is 35.5. The van der Waals surface area contributed by atoms with Crippen LogP contribution in [0.25, 0.3) is 0 Å². The maximum atomic E-state index is 11.7. The number of thiocarbonyl (C=S) groups is 1. The van der Waals surface area contributed by atoms with Crippen molar-refractivity contribution in [1.29, 1.82) is 5.26 Å². The number of ether oxygens (including phenoxy) is 1. The van der Waals surface area contributed by atoms with Gasteiger partial charge in [0.05, 0.1) is 11.6 Å². The van der Waals surface area contributed by atoms with Crippen LogP contribution in [0.1, 0.15) is 5.56 Å². The second kappa shape index (κ2) is 8.72. The lowest BCUT2D eigenvalue weighted by atomic mass is 10.2. The number of hydrogen-bond acceptors (Lipinski definition) is 4. The molecule has 2 aromatic carbocycles. The molecule has 122 valence electrons. The van der Waals surface area contributed by atoms with Gasteiger partial charge in [-0.15, -0.1) is 0 Å². The topological polar surface area (TPSA) is 86.2 Å². The van der Waals surface area contributed by atoms with Crippen molar-refractivity contribution in [3.63, 3.8) is 0 Å². The first-order valence-electron chi connectivity index (χ1n) is 6.81. The van der Waals surface area contributed by atoms with E-state index in [1.165, 1.54) is 0 Å². The summed E-state index contributed by atoms with van der Waals surface area (Å²) >= 11 is 10.8. The zero-order valence-electron chi connectivity index (χ0n) is 12.4. The largest absolute Gasteiger partial charge is 0.484 e. The van der Waals surface area contributed by atoms with Crippen molar-refractivity contribution in [3.05, 3.63) is 59.1 Å². The Balaban J connectivity index is 1.71. The maximum Gasteiger partial charge on any atom is 0.276 e. The fourth-order valence-electron chi connectivity index (χ4n) is 1.63. The Kier molecular flexibility index (Phi) is 6.37. The quantitative estimate of drug-likeness (QED) is 0.574. The molecule has 6 nitrogen and oxygen atoms in total. The molecule has 0 aliphatic carbocycles. The average Bonchev–Trinajstić information content (AvgIpc) is 2.60. The van der Waals surface area contributed by atoms with Crippen LogP contribution >= 0.6 is 23.8 Å². The number of rotatable bonds is 4. The minimum absolute atomic E-state index is 0.192. The Hall–Kier alpha value is -2.82. The predicted molar refractivity (Wildman–Crippen MR) is 95.6 cm³/mol. The summed E-state index contributed by atoms with van der Waals surface area (Å²) in [6.45, 7) is -0.192. The number of anilines is 1. The Morgan fingerprint density at radius 1 is 1.12 bits per heavy atom. The van der Waals surface area contributed by atoms with Crippen molar-refractivity contribution in [1.82, 2.24) is 10.9 Å². The molecule has 0 spiro atoms. The van der Waals surface area contributed by atoms with Gasteiger partial charge in [0.25, 0.3) is 5.91 Å². The molecule has 0 saturated heterocycles. The summed E-state index contributed by atoms with van der Waals surface area (Å²) in [7, 11) is 0. The van der Waals surface area contributed by atoms with E-state index in [9.17, 15) is 4.79 Å². The molecular formula is C16H13ClN4O2S. The highest BCUT2D eigenvalue weighted by Gasteiger charge is 2.04. The summed E-state index contributed by atoms with van der Waals surface area (Å²) in [4.78, 5) is 11.7. The fraction of sp³-hybridized carbons (Fsp3) is 0.0625. The van der Waals surface area contributed by atoms with Crippen LogP contribution < -0.4 is 20.9 Å². The number of nitriles is 1. The summed E-state index contributed by atoms with van der Waals surface area (Å²) in [6.07, 6.45) is 0. The average molecular weight is 361 g/mol. The normalized spacial score (nSPS) is 9.50. The summed E-state index contributed by atoms with van der Waals surface area (Å²) in [5.41, 5.74) is 6.23. The summed E-state index contributed by atoms with van der Waals surface area (Å²) < 4.78 is 5.29. The molecule has 8 heteroatoms. The lowest BCUT2D eigenvalue weighted by Gasteiger charge is -2.12. The van der Waals surface area contributed by atoms with Crippen LogP contribution in [-0.4, -0.2) is 17.6 Å². The van der Waals surface area contributed by atoms with Crippen molar-refractivity contribution >= 4 is 40.5 Å². The van der Waals surface area contributed by atoms with E-state index in [0.29, 0.717) is 16.3 Å². The molecule has 0 aliphatic heterocycles. The van der Waals surface area contributed by atoms with E-state index in [4.69, 9.17) is 33.8 Å². The van der Waals surface area contributed by atoms with Gasteiger partial charge in [0.15, 0.2) is 11.7 Å². The van der Waals surface area contributed by atoms with Crippen LogP contribution in [-0.2, 0) is 4.79 Å². The van der Waals surface area contributed by atoms with Gasteiger partial charge < -0.3 is 10.1 Å². The van der Waals surface area contributed by atoms with E-state index in [0.717, 1.165) is 5.69 Å². The second-order valence-electron chi connectivity index (χ2n) is 4.56. The van der Waals surface area contributed by atoms with Crippen LogP contribution in [0.3, 0.4) is 0 Å². The number of carbonyl (C=O) groups is 1. The fourth-order valence-corrected chi connectivity index (χ4v) is 1.93. The van der Waals surface area contributed by atoms with Gasteiger partial charge in [-0.25, -0.2) is 0 Å². The third kappa shape index (κ3) is 5.76. The Bertz CT molecular complexity index is 757. The van der Waals surface area contributed by atoms with Crippen LogP contribution in [0.4, 0.5) is 5.69 Å². The lowest BCUT2D eigenvalue weighted by Crippen LogP contribution is -2.45. The molecule has 0 fully saturated rings. The number of nitrogens with one attached hydrogen (secondary N) is 3. The molecule has 0 bridgehead atoms. The van der Waals surface area contributed by atoms with Crippen molar-refractivity contribution < 1.29 is 9.53 Å². The van der Waals surface area contributed by atoms with Crippen LogP contribution in [0.15, 0.2) is 48.5 Å². The molecule has 1 amide bonds. The summed E-state index contributed by atoms with van der Waals surface area (Å²) in [5.74, 6) is 0.0885. The maximum absolute atomic E-state index is 11.7. The zero-order chi connectivity index (χ0) is 17.4. The van der Waals surface area contributed by atoms with Crippen LogP contribution in [0.2, 0.25) is 5.02 Å². The number of hydrogen-bond donors (Lipinski definition) is 3. The number of benzene rings is 2. The SMILES string of the molecule is N#Cc1ccc(OCC(=O)NNC(=S)Nc2ccc(Cl)cc2)cc1. The molecule has 0 atom stereocenters. The Morgan fingerprint density at radius 2 is 1.79 bits per heavy atom.